The maximum atomic E-state index is 14.6. The van der Waals surface area contributed by atoms with Gasteiger partial charge >= 0.3 is 0 Å². The number of halogens is 2. The zero-order valence-electron chi connectivity index (χ0n) is 16.7. The minimum Gasteiger partial charge on any atom is -0.298 e. The molecule has 0 radical (unpaired) electrons. The normalized spacial score (nSPS) is 12.4. The quantitative estimate of drug-likeness (QED) is 0.442. The average Bonchev–Trinajstić information content (AvgIpc) is 3.06. The van der Waals surface area contributed by atoms with Gasteiger partial charge in [-0.2, -0.15) is 0 Å². The van der Waals surface area contributed by atoms with Gasteiger partial charge in [0.05, 0.1) is 11.4 Å². The van der Waals surface area contributed by atoms with Crippen LogP contribution in [0.4, 0.5) is 8.78 Å². The summed E-state index contributed by atoms with van der Waals surface area (Å²) in [6, 6.07) is 9.39. The molecule has 4 aromatic rings. The van der Waals surface area contributed by atoms with Gasteiger partial charge in [-0.3, -0.25) is 4.40 Å². The van der Waals surface area contributed by atoms with E-state index < -0.39 is 11.6 Å². The Morgan fingerprint density at radius 3 is 2.62 bits per heavy atom. The summed E-state index contributed by atoms with van der Waals surface area (Å²) in [5, 5.41) is 0. The summed E-state index contributed by atoms with van der Waals surface area (Å²) in [5.41, 5.74) is 3.85. The highest BCUT2D eigenvalue weighted by Gasteiger charge is 2.20. The van der Waals surface area contributed by atoms with Crippen LogP contribution in [-0.4, -0.2) is 19.4 Å². The maximum Gasteiger partial charge on any atom is 0.138 e. The van der Waals surface area contributed by atoms with Crippen LogP contribution >= 0.6 is 0 Å². The molecule has 0 aliphatic carbocycles. The van der Waals surface area contributed by atoms with Gasteiger partial charge < -0.3 is 0 Å². The van der Waals surface area contributed by atoms with Gasteiger partial charge in [-0.15, -0.1) is 0 Å². The Morgan fingerprint density at radius 2 is 1.90 bits per heavy atom. The second kappa shape index (κ2) is 7.70. The number of fused-ring (bicyclic) bond motifs is 1. The van der Waals surface area contributed by atoms with Gasteiger partial charge in [-0.05, 0) is 55.2 Å². The molecular weight excluding hydrogens is 370 g/mol. The molecule has 0 aliphatic heterocycles. The number of imidazole rings is 1. The summed E-state index contributed by atoms with van der Waals surface area (Å²) >= 11 is 0. The lowest BCUT2D eigenvalue weighted by atomic mass is 10.00. The predicted octanol–water partition coefficient (Wildman–Crippen LogP) is 5.63. The van der Waals surface area contributed by atoms with Crippen LogP contribution in [-0.2, 0) is 6.42 Å². The van der Waals surface area contributed by atoms with E-state index in [1.807, 2.05) is 16.7 Å². The van der Waals surface area contributed by atoms with Crippen molar-refractivity contribution >= 4 is 5.65 Å². The van der Waals surface area contributed by atoms with E-state index in [4.69, 9.17) is 4.98 Å². The van der Waals surface area contributed by atoms with Crippen molar-refractivity contribution in [2.45, 2.75) is 33.6 Å². The lowest BCUT2D eigenvalue weighted by molar-refractivity contribution is 0.560. The standard InChI is InChI=1S/C23H22F2N4/c1-4-14(2)11-16-8-10-29-21(12-16)28-22(18-6-5-17(24)13-19(18)25)23(29)20-7-9-26-15(3)27-20/h5-10,12-14H,4,11H2,1-3H3. The molecule has 3 aromatic heterocycles. The second-order valence-corrected chi connectivity index (χ2v) is 7.40. The van der Waals surface area contributed by atoms with E-state index in [9.17, 15) is 8.78 Å². The Balaban J connectivity index is 1.96. The van der Waals surface area contributed by atoms with Crippen molar-refractivity contribution in [1.82, 2.24) is 19.4 Å². The highest BCUT2D eigenvalue weighted by Crippen LogP contribution is 2.34. The van der Waals surface area contributed by atoms with Crippen molar-refractivity contribution in [3.05, 3.63) is 71.8 Å². The van der Waals surface area contributed by atoms with E-state index in [0.29, 0.717) is 34.5 Å². The molecule has 0 amide bonds. The summed E-state index contributed by atoms with van der Waals surface area (Å²) in [6.07, 6.45) is 5.65. The number of hydrogen-bond donors (Lipinski definition) is 0. The zero-order chi connectivity index (χ0) is 20.5. The van der Waals surface area contributed by atoms with Gasteiger partial charge in [-0.1, -0.05) is 20.3 Å². The van der Waals surface area contributed by atoms with Crippen LogP contribution in [0.15, 0.2) is 48.8 Å². The van der Waals surface area contributed by atoms with Crippen LogP contribution in [0.25, 0.3) is 28.3 Å². The van der Waals surface area contributed by atoms with Crippen LogP contribution in [0.3, 0.4) is 0 Å². The molecule has 4 nitrogen and oxygen atoms in total. The fourth-order valence-electron chi connectivity index (χ4n) is 3.46. The van der Waals surface area contributed by atoms with E-state index in [1.54, 1.807) is 19.2 Å². The Bertz CT molecular complexity index is 1180. The van der Waals surface area contributed by atoms with Crippen molar-refractivity contribution in [2.75, 3.05) is 0 Å². The molecule has 0 aliphatic rings. The minimum absolute atomic E-state index is 0.241. The number of pyridine rings is 1. The number of benzene rings is 1. The van der Waals surface area contributed by atoms with Crippen molar-refractivity contribution < 1.29 is 8.78 Å². The van der Waals surface area contributed by atoms with Crippen LogP contribution in [0, 0.1) is 24.5 Å². The van der Waals surface area contributed by atoms with E-state index >= 15 is 0 Å². The SMILES string of the molecule is CCC(C)Cc1ccn2c(-c3ccnc(C)n3)c(-c3ccc(F)cc3F)nc2c1. The molecular formula is C23H22F2N4. The topological polar surface area (TPSA) is 43.1 Å². The van der Waals surface area contributed by atoms with Gasteiger partial charge in [0.25, 0.3) is 0 Å². The van der Waals surface area contributed by atoms with Crippen LogP contribution < -0.4 is 0 Å². The van der Waals surface area contributed by atoms with Gasteiger partial charge in [0.1, 0.15) is 28.8 Å². The molecule has 0 N–H and O–H groups in total. The van der Waals surface area contributed by atoms with Crippen LogP contribution in [0.2, 0.25) is 0 Å². The highest BCUT2D eigenvalue weighted by atomic mass is 19.1. The van der Waals surface area contributed by atoms with E-state index in [0.717, 1.165) is 18.9 Å². The summed E-state index contributed by atoms with van der Waals surface area (Å²) < 4.78 is 30.0. The number of aromatic nitrogens is 4. The Labute approximate surface area is 168 Å². The van der Waals surface area contributed by atoms with Gasteiger partial charge in [0, 0.05) is 24.0 Å². The van der Waals surface area contributed by atoms with Crippen molar-refractivity contribution in [3.63, 3.8) is 0 Å². The molecule has 0 bridgehead atoms. The third-order valence-electron chi connectivity index (χ3n) is 5.18. The molecule has 29 heavy (non-hydrogen) atoms. The summed E-state index contributed by atoms with van der Waals surface area (Å²) in [4.78, 5) is 13.4. The Kier molecular flexibility index (Phi) is 5.09. The number of nitrogens with zero attached hydrogens (tertiary/aromatic N) is 4. The Morgan fingerprint density at radius 1 is 1.07 bits per heavy atom. The molecule has 1 aromatic carbocycles. The predicted molar refractivity (Wildman–Crippen MR) is 109 cm³/mol. The van der Waals surface area contributed by atoms with E-state index in [1.165, 1.54) is 17.7 Å². The van der Waals surface area contributed by atoms with Crippen molar-refractivity contribution in [3.8, 4) is 22.6 Å². The molecule has 4 rings (SSSR count). The number of aryl methyl sites for hydroxylation is 1. The second-order valence-electron chi connectivity index (χ2n) is 7.40. The highest BCUT2D eigenvalue weighted by molar-refractivity contribution is 5.80. The average molecular weight is 392 g/mol. The van der Waals surface area contributed by atoms with Crippen molar-refractivity contribution in [1.29, 1.82) is 0 Å². The minimum atomic E-state index is -0.653. The number of rotatable bonds is 5. The monoisotopic (exact) mass is 392 g/mol. The van der Waals surface area contributed by atoms with Gasteiger partial charge in [0.15, 0.2) is 0 Å². The molecule has 148 valence electrons. The van der Waals surface area contributed by atoms with E-state index in [-0.39, 0.29) is 5.56 Å². The first-order chi connectivity index (χ1) is 14.0. The fourth-order valence-corrected chi connectivity index (χ4v) is 3.46. The first-order valence-electron chi connectivity index (χ1n) is 9.72. The largest absolute Gasteiger partial charge is 0.298 e. The molecule has 0 saturated heterocycles. The maximum absolute atomic E-state index is 14.6. The van der Waals surface area contributed by atoms with Crippen LogP contribution in [0.5, 0.6) is 0 Å². The molecule has 1 unspecified atom stereocenters. The summed E-state index contributed by atoms with van der Waals surface area (Å²) in [7, 11) is 0. The summed E-state index contributed by atoms with van der Waals surface area (Å²) in [6.45, 7) is 6.18. The first kappa shape index (κ1) is 19.2. The third-order valence-corrected chi connectivity index (χ3v) is 5.18. The van der Waals surface area contributed by atoms with Gasteiger partial charge in [0.2, 0.25) is 0 Å². The Hall–Kier alpha value is -3.15. The first-order valence-corrected chi connectivity index (χ1v) is 9.72. The molecule has 3 heterocycles. The van der Waals surface area contributed by atoms with Crippen molar-refractivity contribution in [2.24, 2.45) is 5.92 Å². The number of hydrogen-bond acceptors (Lipinski definition) is 3. The summed E-state index contributed by atoms with van der Waals surface area (Å²) in [5.74, 6) is -0.104. The van der Waals surface area contributed by atoms with Gasteiger partial charge in [-0.25, -0.2) is 23.7 Å². The molecule has 0 fully saturated rings. The fraction of sp³-hybridized carbons (Fsp3) is 0.261. The van der Waals surface area contributed by atoms with Crippen LogP contribution in [0.1, 0.15) is 31.7 Å². The third kappa shape index (κ3) is 3.75. The lowest BCUT2D eigenvalue weighted by Gasteiger charge is -2.09. The molecule has 1 atom stereocenters. The molecule has 0 saturated carbocycles. The molecule has 6 heteroatoms. The lowest BCUT2D eigenvalue weighted by Crippen LogP contribution is -1.99. The zero-order valence-corrected chi connectivity index (χ0v) is 16.7. The van der Waals surface area contributed by atoms with E-state index in [2.05, 4.69) is 29.9 Å². The smallest absolute Gasteiger partial charge is 0.138 e. The molecule has 0 spiro atoms.